The quantitative estimate of drug-likeness (QED) is 0.201. The number of amides is 2. The molecule has 0 N–H and O–H groups in total. The summed E-state index contributed by atoms with van der Waals surface area (Å²) in [5, 5.41) is 21.7. The average molecular weight is 517 g/mol. The van der Waals surface area contributed by atoms with Gasteiger partial charge in [-0.05, 0) is 55.4 Å². The molecule has 0 aromatic heterocycles. The number of carbonyl (C=O) groups is 3. The molecule has 0 unspecified atom stereocenters. The third-order valence-corrected chi connectivity index (χ3v) is 5.49. The maximum absolute atomic E-state index is 12.6. The molecule has 0 saturated carbocycles. The lowest BCUT2D eigenvalue weighted by Gasteiger charge is -2.13. The van der Waals surface area contributed by atoms with Gasteiger partial charge in [0.25, 0.3) is 16.8 Å². The number of thioether (sulfide) groups is 1. The molecular weight excluding hydrogens is 498 g/mol. The van der Waals surface area contributed by atoms with Crippen molar-refractivity contribution in [2.45, 2.75) is 20.0 Å². The first-order chi connectivity index (χ1) is 17.0. The number of esters is 1. The monoisotopic (exact) mass is 517 g/mol. The Morgan fingerprint density at radius 1 is 1.06 bits per heavy atom. The van der Waals surface area contributed by atoms with Crippen LogP contribution in [0.2, 0.25) is 0 Å². The van der Waals surface area contributed by atoms with E-state index in [0.29, 0.717) is 17.3 Å². The van der Waals surface area contributed by atoms with Crippen LogP contribution in [0.3, 0.4) is 0 Å². The summed E-state index contributed by atoms with van der Waals surface area (Å²) >= 11 is 0.655. The van der Waals surface area contributed by atoms with Gasteiger partial charge in [-0.25, -0.2) is 0 Å². The van der Waals surface area contributed by atoms with Crippen molar-refractivity contribution < 1.29 is 38.4 Å². The summed E-state index contributed by atoms with van der Waals surface area (Å²) < 4.78 is 15.8. The maximum atomic E-state index is 12.6. The van der Waals surface area contributed by atoms with Gasteiger partial charge in [-0.2, -0.15) is 0 Å². The number of rotatable bonds is 9. The first-order valence-corrected chi connectivity index (χ1v) is 11.1. The first-order valence-electron chi connectivity index (χ1n) is 10.2. The molecule has 14 heteroatoms. The van der Waals surface area contributed by atoms with Gasteiger partial charge >= 0.3 is 11.7 Å². The van der Waals surface area contributed by atoms with Crippen LogP contribution in [0.1, 0.15) is 19.4 Å². The van der Waals surface area contributed by atoms with Gasteiger partial charge in [0.2, 0.25) is 5.75 Å². The third-order valence-electron chi connectivity index (χ3n) is 4.58. The lowest BCUT2D eigenvalue weighted by molar-refractivity contribution is -0.394. The Kier molecular flexibility index (Phi) is 7.89. The highest BCUT2D eigenvalue weighted by Crippen LogP contribution is 2.39. The minimum absolute atomic E-state index is 0.0659. The van der Waals surface area contributed by atoms with Crippen molar-refractivity contribution in [1.29, 1.82) is 0 Å². The summed E-state index contributed by atoms with van der Waals surface area (Å²) in [6.45, 7) is 2.78. The highest BCUT2D eigenvalue weighted by atomic mass is 32.2. The predicted molar refractivity (Wildman–Crippen MR) is 127 cm³/mol. The summed E-state index contributed by atoms with van der Waals surface area (Å²) in [7, 11) is 1.32. The fourth-order valence-corrected chi connectivity index (χ4v) is 3.88. The van der Waals surface area contributed by atoms with Gasteiger partial charge in [0.15, 0.2) is 11.5 Å². The van der Waals surface area contributed by atoms with Crippen molar-refractivity contribution in [1.82, 2.24) is 4.90 Å². The number of benzene rings is 2. The number of methoxy groups -OCH3 is 1. The number of nitrogens with zero attached hydrogens (tertiary/aromatic N) is 3. The zero-order chi connectivity index (χ0) is 26.6. The lowest BCUT2D eigenvalue weighted by atomic mass is 10.1. The Hall–Kier alpha value is -4.46. The molecule has 1 heterocycles. The number of imide groups is 1. The van der Waals surface area contributed by atoms with Crippen LogP contribution >= 0.6 is 11.8 Å². The first kappa shape index (κ1) is 26.2. The van der Waals surface area contributed by atoms with Gasteiger partial charge in [0.1, 0.15) is 6.54 Å². The molecule has 188 valence electrons. The average Bonchev–Trinajstić information content (AvgIpc) is 3.06. The topological polar surface area (TPSA) is 168 Å². The van der Waals surface area contributed by atoms with Crippen LogP contribution in [0.15, 0.2) is 41.3 Å². The summed E-state index contributed by atoms with van der Waals surface area (Å²) in [4.78, 5) is 58.3. The Morgan fingerprint density at radius 2 is 1.75 bits per heavy atom. The van der Waals surface area contributed by atoms with Crippen molar-refractivity contribution in [3.05, 3.63) is 67.1 Å². The fraction of sp³-hybridized carbons (Fsp3) is 0.227. The van der Waals surface area contributed by atoms with E-state index in [1.165, 1.54) is 31.4 Å². The zero-order valence-electron chi connectivity index (χ0n) is 19.2. The standard InChI is InChI=1S/C22H19N3O10S/c1-12(2)34-20(26)11-23-21(27)19(36-22(23)28)9-13-4-6-17(18(8-13)33-3)35-16-7-5-14(24(29)30)10-15(16)25(31)32/h4-10,12H,11H2,1-3H3/b19-9+. The van der Waals surface area contributed by atoms with E-state index in [9.17, 15) is 34.6 Å². The van der Waals surface area contributed by atoms with Crippen molar-refractivity contribution in [2.24, 2.45) is 0 Å². The number of nitro benzene ring substituents is 2. The molecule has 1 saturated heterocycles. The third kappa shape index (κ3) is 5.96. The van der Waals surface area contributed by atoms with Gasteiger partial charge in [0, 0.05) is 6.07 Å². The summed E-state index contributed by atoms with van der Waals surface area (Å²) in [5.41, 5.74) is -0.643. The van der Waals surface area contributed by atoms with Gasteiger partial charge in [-0.1, -0.05) is 6.07 Å². The summed E-state index contributed by atoms with van der Waals surface area (Å²) in [5.74, 6) is -1.41. The molecular formula is C22H19N3O10S. The summed E-state index contributed by atoms with van der Waals surface area (Å²) in [6.07, 6.45) is 1.02. The van der Waals surface area contributed by atoms with E-state index in [1.54, 1.807) is 13.8 Å². The molecule has 0 radical (unpaired) electrons. The smallest absolute Gasteiger partial charge is 0.326 e. The van der Waals surface area contributed by atoms with Crippen molar-refractivity contribution in [3.63, 3.8) is 0 Å². The van der Waals surface area contributed by atoms with Crippen molar-refractivity contribution >= 4 is 46.3 Å². The highest BCUT2D eigenvalue weighted by Gasteiger charge is 2.36. The molecule has 0 spiro atoms. The predicted octanol–water partition coefficient (Wildman–Crippen LogP) is 4.29. The molecule has 2 aromatic carbocycles. The summed E-state index contributed by atoms with van der Waals surface area (Å²) in [6, 6.07) is 7.34. The van der Waals surface area contributed by atoms with Gasteiger partial charge in [-0.15, -0.1) is 0 Å². The molecule has 0 bridgehead atoms. The minimum atomic E-state index is -0.809. The zero-order valence-corrected chi connectivity index (χ0v) is 20.0. The molecule has 1 aliphatic heterocycles. The molecule has 1 fully saturated rings. The molecule has 1 aliphatic rings. The molecule has 3 rings (SSSR count). The van der Waals surface area contributed by atoms with Crippen molar-refractivity contribution in [2.75, 3.05) is 13.7 Å². The largest absolute Gasteiger partial charge is 0.493 e. The van der Waals surface area contributed by atoms with Crippen LogP contribution in [0.5, 0.6) is 17.2 Å². The fourth-order valence-electron chi connectivity index (χ4n) is 3.04. The lowest BCUT2D eigenvalue weighted by Crippen LogP contribution is -2.35. The van der Waals surface area contributed by atoms with Crippen LogP contribution in [-0.2, 0) is 14.3 Å². The van der Waals surface area contributed by atoms with E-state index in [1.807, 2.05) is 0 Å². The van der Waals surface area contributed by atoms with Gasteiger partial charge in [0.05, 0.1) is 34.0 Å². The number of carbonyl (C=O) groups excluding carboxylic acids is 3. The number of hydrogen-bond donors (Lipinski definition) is 0. The number of hydrogen-bond acceptors (Lipinski definition) is 11. The molecule has 2 aromatic rings. The molecule has 0 atom stereocenters. The Labute approximate surface area is 207 Å². The van der Waals surface area contributed by atoms with Gasteiger partial charge in [-0.3, -0.25) is 39.5 Å². The second-order valence-corrected chi connectivity index (χ2v) is 8.48. The van der Waals surface area contributed by atoms with E-state index >= 15 is 0 Å². The van der Waals surface area contributed by atoms with E-state index in [2.05, 4.69) is 0 Å². The maximum Gasteiger partial charge on any atom is 0.326 e. The Morgan fingerprint density at radius 3 is 2.36 bits per heavy atom. The number of non-ortho nitro benzene ring substituents is 1. The SMILES string of the molecule is COc1cc(/C=C2/SC(=O)N(CC(=O)OC(C)C)C2=O)ccc1Oc1ccc([N+](=O)[O-])cc1[N+](=O)[O-]. The van der Waals surface area contributed by atoms with Crippen LogP contribution in [-0.4, -0.2) is 51.6 Å². The number of nitro groups is 2. The van der Waals surface area contributed by atoms with Crippen molar-refractivity contribution in [3.8, 4) is 17.2 Å². The second kappa shape index (κ2) is 10.9. The molecule has 36 heavy (non-hydrogen) atoms. The van der Waals surface area contributed by atoms with Crippen LogP contribution in [0.25, 0.3) is 6.08 Å². The van der Waals surface area contributed by atoms with Crippen LogP contribution in [0.4, 0.5) is 16.2 Å². The van der Waals surface area contributed by atoms with E-state index in [-0.39, 0.29) is 22.2 Å². The second-order valence-electron chi connectivity index (χ2n) is 7.49. The highest BCUT2D eigenvalue weighted by molar-refractivity contribution is 8.18. The van der Waals surface area contributed by atoms with Crippen LogP contribution in [0, 0.1) is 20.2 Å². The van der Waals surface area contributed by atoms with Crippen LogP contribution < -0.4 is 9.47 Å². The Balaban J connectivity index is 1.84. The molecule has 2 amide bonds. The Bertz CT molecular complexity index is 1290. The van der Waals surface area contributed by atoms with E-state index < -0.39 is 51.0 Å². The minimum Gasteiger partial charge on any atom is -0.493 e. The van der Waals surface area contributed by atoms with E-state index in [4.69, 9.17) is 14.2 Å². The molecule has 0 aliphatic carbocycles. The number of ether oxygens (including phenoxy) is 3. The van der Waals surface area contributed by atoms with Gasteiger partial charge < -0.3 is 14.2 Å². The van der Waals surface area contributed by atoms with E-state index in [0.717, 1.165) is 23.1 Å². The normalized spacial score (nSPS) is 14.3. The molecule has 13 nitrogen and oxygen atoms in total.